The Kier molecular flexibility index (Phi) is 10.2. The van der Waals surface area contributed by atoms with Crippen LogP contribution >= 0.6 is 34.7 Å². The molecule has 2 N–H and O–H groups in total. The van der Waals surface area contributed by atoms with Gasteiger partial charge in [0.2, 0.25) is 5.52 Å². The van der Waals surface area contributed by atoms with Gasteiger partial charge in [0.1, 0.15) is 4.70 Å². The molecule has 2 aliphatic rings. The Balaban J connectivity index is 1.38. The number of hydrogen-bond acceptors (Lipinski definition) is 7. The zero-order valence-corrected chi connectivity index (χ0v) is 27.2. The van der Waals surface area contributed by atoms with Crippen LogP contribution in [0.25, 0.3) is 16.3 Å². The second-order valence-electron chi connectivity index (χ2n) is 10.3. The first-order valence-electron chi connectivity index (χ1n) is 13.8. The predicted molar refractivity (Wildman–Crippen MR) is 176 cm³/mol. The van der Waals surface area contributed by atoms with Gasteiger partial charge in [-0.05, 0) is 61.1 Å². The fraction of sp³-hybridized carbons (Fsp3) is 0.300. The van der Waals surface area contributed by atoms with Crippen LogP contribution in [-0.2, 0) is 26.8 Å². The lowest BCUT2D eigenvalue weighted by Gasteiger charge is -2.20. The molecule has 3 aromatic rings. The average molecular weight is 680 g/mol. The van der Waals surface area contributed by atoms with Gasteiger partial charge in [0.05, 0.1) is 22.2 Å². The zero-order valence-electron chi connectivity index (χ0n) is 23.2. The first kappa shape index (κ1) is 32.0. The molecule has 1 aromatic heterocycles. The smallest absolute Gasteiger partial charge is 0.265 e. The lowest BCUT2D eigenvalue weighted by Crippen LogP contribution is -2.35. The van der Waals surface area contributed by atoms with E-state index in [2.05, 4.69) is 9.47 Å². The lowest BCUT2D eigenvalue weighted by atomic mass is 9.94. The zero-order chi connectivity index (χ0) is 30.6. The molecule has 0 spiro atoms. The standard InChI is InChI=1S/C30H31ClN2O6S4/c31-30-22(14-16-28-32(18-6-20-42(34,35)36)24-10-1-3-12-26(24)40-28)8-5-9-23(30)15-17-29-33(19-7-21-43(37,38)39)25-11-2-4-13-27(25)41-29/h1-4,10-17H,5-9,18-21H2,(H-,34,35,36,37,38,39)/p+1. The number of anilines is 1. The third kappa shape index (κ3) is 8.39. The van der Waals surface area contributed by atoms with Crippen molar-refractivity contribution in [2.24, 2.45) is 0 Å². The van der Waals surface area contributed by atoms with Gasteiger partial charge >= 0.3 is 0 Å². The second kappa shape index (κ2) is 13.7. The lowest BCUT2D eigenvalue weighted by molar-refractivity contribution is -0.668. The summed E-state index contributed by atoms with van der Waals surface area (Å²) < 4.78 is 66.6. The van der Waals surface area contributed by atoms with E-state index in [-0.39, 0.29) is 11.5 Å². The SMILES string of the molecule is O=S(=O)(O)CCCN1C(=CC=C2CCCC(C=Cc3sc4ccccc4[n+]3CCCS(=O)(=O)O)=C2Cl)Sc2ccccc21. The molecule has 13 heteroatoms. The normalized spacial score (nSPS) is 18.1. The molecule has 0 saturated carbocycles. The molecule has 1 aliphatic heterocycles. The summed E-state index contributed by atoms with van der Waals surface area (Å²) >= 11 is 10.2. The summed E-state index contributed by atoms with van der Waals surface area (Å²) in [5.41, 5.74) is 4.06. The molecule has 0 amide bonds. The molecular weight excluding hydrogens is 648 g/mol. The molecule has 0 saturated heterocycles. The van der Waals surface area contributed by atoms with Crippen LogP contribution in [0.1, 0.15) is 37.1 Å². The molecule has 0 unspecified atom stereocenters. The van der Waals surface area contributed by atoms with Crippen molar-refractivity contribution in [3.8, 4) is 0 Å². The average Bonchev–Trinajstić information content (AvgIpc) is 3.48. The Hall–Kier alpha value is -2.45. The highest BCUT2D eigenvalue weighted by molar-refractivity contribution is 8.03. The minimum absolute atomic E-state index is 0.296. The molecule has 1 aliphatic carbocycles. The van der Waals surface area contributed by atoms with E-state index in [4.69, 9.17) is 11.6 Å². The third-order valence-corrected chi connectivity index (χ3v) is 11.5. The predicted octanol–water partition coefficient (Wildman–Crippen LogP) is 6.81. The Labute approximate surface area is 265 Å². The van der Waals surface area contributed by atoms with Crippen molar-refractivity contribution in [1.82, 2.24) is 0 Å². The van der Waals surface area contributed by atoms with Crippen molar-refractivity contribution in [3.63, 3.8) is 0 Å². The molecule has 5 rings (SSSR count). The number of rotatable bonds is 11. The number of aryl methyl sites for hydroxylation is 1. The van der Waals surface area contributed by atoms with Crippen LogP contribution < -0.4 is 9.47 Å². The van der Waals surface area contributed by atoms with Gasteiger partial charge in [0.25, 0.3) is 25.2 Å². The van der Waals surface area contributed by atoms with Gasteiger partial charge in [0, 0.05) is 35.0 Å². The maximum Gasteiger partial charge on any atom is 0.265 e. The summed E-state index contributed by atoms with van der Waals surface area (Å²) in [5, 5.41) is 2.64. The van der Waals surface area contributed by atoms with Gasteiger partial charge in [-0.25, -0.2) is 0 Å². The highest BCUT2D eigenvalue weighted by atomic mass is 35.5. The fourth-order valence-corrected chi connectivity index (χ4v) is 8.66. The van der Waals surface area contributed by atoms with Gasteiger partial charge < -0.3 is 4.90 Å². The Morgan fingerprint density at radius 1 is 0.907 bits per heavy atom. The van der Waals surface area contributed by atoms with Crippen LogP contribution in [0.3, 0.4) is 0 Å². The van der Waals surface area contributed by atoms with E-state index in [1.807, 2.05) is 72.8 Å². The highest BCUT2D eigenvalue weighted by Crippen LogP contribution is 2.46. The van der Waals surface area contributed by atoms with Crippen molar-refractivity contribution in [3.05, 3.63) is 93.0 Å². The van der Waals surface area contributed by atoms with Crippen molar-refractivity contribution in [2.45, 2.75) is 43.5 Å². The monoisotopic (exact) mass is 679 g/mol. The van der Waals surface area contributed by atoms with E-state index in [0.717, 1.165) is 61.2 Å². The van der Waals surface area contributed by atoms with Crippen molar-refractivity contribution in [2.75, 3.05) is 23.0 Å². The van der Waals surface area contributed by atoms with E-state index in [1.165, 1.54) is 0 Å². The molecule has 43 heavy (non-hydrogen) atoms. The Morgan fingerprint density at radius 3 is 2.42 bits per heavy atom. The van der Waals surface area contributed by atoms with E-state index in [0.29, 0.717) is 31.0 Å². The van der Waals surface area contributed by atoms with Crippen molar-refractivity contribution in [1.29, 1.82) is 0 Å². The quantitative estimate of drug-likeness (QED) is 0.168. The number of halogens is 1. The van der Waals surface area contributed by atoms with Crippen LogP contribution in [0, 0.1) is 0 Å². The molecule has 0 atom stereocenters. The Morgan fingerprint density at radius 2 is 1.63 bits per heavy atom. The fourth-order valence-electron chi connectivity index (χ4n) is 5.18. The molecule has 8 nitrogen and oxygen atoms in total. The maximum absolute atomic E-state index is 11.3. The number of nitrogens with zero attached hydrogens (tertiary/aromatic N) is 2. The molecule has 0 radical (unpaired) electrons. The number of benzene rings is 2. The van der Waals surface area contributed by atoms with Crippen LogP contribution in [-0.4, -0.2) is 44.0 Å². The summed E-state index contributed by atoms with van der Waals surface area (Å²) in [4.78, 5) is 3.16. The number of para-hydroxylation sites is 2. The number of allylic oxidation sites excluding steroid dienone is 6. The minimum Gasteiger partial charge on any atom is -0.335 e. The largest absolute Gasteiger partial charge is 0.335 e. The number of fused-ring (bicyclic) bond motifs is 2. The summed E-state index contributed by atoms with van der Waals surface area (Å²) in [6.45, 7) is 0.908. The van der Waals surface area contributed by atoms with Crippen LogP contribution in [0.5, 0.6) is 0 Å². The molecule has 0 fully saturated rings. The van der Waals surface area contributed by atoms with Crippen molar-refractivity contribution >= 4 is 76.9 Å². The Bertz CT molecular complexity index is 1860. The molecule has 2 heterocycles. The first-order valence-corrected chi connectivity index (χ1v) is 19.1. The summed E-state index contributed by atoms with van der Waals surface area (Å²) in [5.74, 6) is -0.593. The minimum atomic E-state index is -4.03. The van der Waals surface area contributed by atoms with Gasteiger partial charge in [-0.3, -0.25) is 9.11 Å². The topological polar surface area (TPSA) is 116 Å². The number of thioether (sulfide) groups is 1. The van der Waals surface area contributed by atoms with Gasteiger partial charge in [-0.15, -0.1) is 0 Å². The third-order valence-electron chi connectivity index (χ3n) is 7.15. The van der Waals surface area contributed by atoms with Gasteiger partial charge in [0.15, 0.2) is 6.54 Å². The maximum atomic E-state index is 11.3. The van der Waals surface area contributed by atoms with Gasteiger partial charge in [-0.1, -0.05) is 71.1 Å². The molecule has 228 valence electrons. The van der Waals surface area contributed by atoms with Gasteiger partial charge in [-0.2, -0.15) is 21.4 Å². The van der Waals surface area contributed by atoms with Crippen LogP contribution in [0.15, 0.2) is 92.9 Å². The highest BCUT2D eigenvalue weighted by Gasteiger charge is 2.25. The van der Waals surface area contributed by atoms with Crippen LogP contribution in [0.2, 0.25) is 0 Å². The molecule has 0 bridgehead atoms. The van der Waals surface area contributed by atoms with E-state index in [9.17, 15) is 25.9 Å². The summed E-state index contributed by atoms with van der Waals surface area (Å²) in [6.07, 6.45) is 11.3. The number of aromatic nitrogens is 1. The van der Waals surface area contributed by atoms with E-state index < -0.39 is 20.2 Å². The van der Waals surface area contributed by atoms with E-state index in [1.54, 1.807) is 23.1 Å². The summed E-state index contributed by atoms with van der Waals surface area (Å²) in [7, 11) is -8.06. The second-order valence-corrected chi connectivity index (χ2v) is 15.9. The number of hydrogen-bond donors (Lipinski definition) is 2. The van der Waals surface area contributed by atoms with Crippen LogP contribution in [0.4, 0.5) is 5.69 Å². The first-order chi connectivity index (χ1) is 20.5. The summed E-state index contributed by atoms with van der Waals surface area (Å²) in [6, 6.07) is 15.9. The molecule has 2 aromatic carbocycles. The van der Waals surface area contributed by atoms with E-state index >= 15 is 0 Å². The number of thiazole rings is 1. The van der Waals surface area contributed by atoms with Crippen molar-refractivity contribution < 1.29 is 30.5 Å². The molecular formula is C30H32ClN2O6S4+.